The lowest BCUT2D eigenvalue weighted by Gasteiger charge is -2.03. The number of carboxylic acids is 1. The van der Waals surface area contributed by atoms with E-state index >= 15 is 0 Å². The van der Waals surface area contributed by atoms with E-state index in [-0.39, 0.29) is 12.2 Å². The van der Waals surface area contributed by atoms with Crippen LogP contribution < -0.4 is 0 Å². The zero-order valence-corrected chi connectivity index (χ0v) is 9.31. The molecule has 0 amide bonds. The van der Waals surface area contributed by atoms with Crippen LogP contribution in [0.1, 0.15) is 18.4 Å². The summed E-state index contributed by atoms with van der Waals surface area (Å²) in [7, 11) is 0. The summed E-state index contributed by atoms with van der Waals surface area (Å²) >= 11 is 1.36. The van der Waals surface area contributed by atoms with Gasteiger partial charge in [0.1, 0.15) is 5.82 Å². The lowest BCUT2D eigenvalue weighted by molar-refractivity contribution is -0.137. The summed E-state index contributed by atoms with van der Waals surface area (Å²) in [6.07, 6.45) is 3.11. The minimum atomic E-state index is -0.809. The molecule has 4 heteroatoms. The first kappa shape index (κ1) is 12.0. The molecule has 0 fully saturated rings. The lowest BCUT2D eigenvalue weighted by atomic mass is 10.1. The number of carbonyl (C=O) groups is 1. The highest BCUT2D eigenvalue weighted by molar-refractivity contribution is 7.98. The molecule has 0 unspecified atom stereocenters. The molecular formula is C11H13FO2S. The van der Waals surface area contributed by atoms with Gasteiger partial charge >= 0.3 is 5.97 Å². The second-order valence-corrected chi connectivity index (χ2v) is 4.06. The molecule has 0 atom stereocenters. The van der Waals surface area contributed by atoms with Crippen LogP contribution >= 0.6 is 11.8 Å². The van der Waals surface area contributed by atoms with Crippen molar-refractivity contribution in [2.75, 3.05) is 6.26 Å². The number of aryl methyl sites for hydroxylation is 1. The van der Waals surface area contributed by atoms with E-state index in [2.05, 4.69) is 0 Å². The first-order chi connectivity index (χ1) is 7.13. The molecule has 15 heavy (non-hydrogen) atoms. The summed E-state index contributed by atoms with van der Waals surface area (Å²) in [4.78, 5) is 10.9. The molecular weight excluding hydrogens is 215 g/mol. The van der Waals surface area contributed by atoms with Gasteiger partial charge in [0.15, 0.2) is 0 Å². The number of benzene rings is 1. The quantitative estimate of drug-likeness (QED) is 0.787. The maximum atomic E-state index is 13.3. The Morgan fingerprint density at radius 3 is 2.80 bits per heavy atom. The third-order valence-corrected chi connectivity index (χ3v) is 2.84. The van der Waals surface area contributed by atoms with E-state index in [4.69, 9.17) is 5.11 Å². The van der Waals surface area contributed by atoms with Crippen LogP contribution in [0.3, 0.4) is 0 Å². The molecule has 1 aromatic rings. The van der Waals surface area contributed by atoms with Crippen LogP contribution in [-0.2, 0) is 11.2 Å². The van der Waals surface area contributed by atoms with Gasteiger partial charge in [-0.25, -0.2) is 4.39 Å². The number of aliphatic carboxylic acids is 1. The molecule has 2 nitrogen and oxygen atoms in total. The van der Waals surface area contributed by atoms with E-state index in [0.29, 0.717) is 17.7 Å². The Morgan fingerprint density at radius 1 is 1.53 bits per heavy atom. The van der Waals surface area contributed by atoms with Crippen molar-refractivity contribution in [3.63, 3.8) is 0 Å². The van der Waals surface area contributed by atoms with Gasteiger partial charge in [-0.15, -0.1) is 11.8 Å². The molecule has 82 valence electrons. The monoisotopic (exact) mass is 228 g/mol. The van der Waals surface area contributed by atoms with Gasteiger partial charge < -0.3 is 5.11 Å². The molecule has 1 rings (SSSR count). The van der Waals surface area contributed by atoms with Crippen LogP contribution in [0.15, 0.2) is 23.1 Å². The van der Waals surface area contributed by atoms with E-state index in [9.17, 15) is 9.18 Å². The molecule has 0 spiro atoms. The molecule has 0 radical (unpaired) electrons. The second kappa shape index (κ2) is 5.75. The highest BCUT2D eigenvalue weighted by Gasteiger charge is 2.03. The van der Waals surface area contributed by atoms with E-state index in [1.165, 1.54) is 17.8 Å². The van der Waals surface area contributed by atoms with E-state index in [0.717, 1.165) is 5.56 Å². The van der Waals surface area contributed by atoms with Gasteiger partial charge in [0.25, 0.3) is 0 Å². The Kier molecular flexibility index (Phi) is 4.62. The molecule has 0 aliphatic carbocycles. The smallest absolute Gasteiger partial charge is 0.303 e. The van der Waals surface area contributed by atoms with Gasteiger partial charge in [-0.1, -0.05) is 6.07 Å². The zero-order valence-electron chi connectivity index (χ0n) is 8.50. The summed E-state index contributed by atoms with van der Waals surface area (Å²) in [6, 6.07) is 5.06. The lowest BCUT2D eigenvalue weighted by Crippen LogP contribution is -1.96. The third-order valence-electron chi connectivity index (χ3n) is 2.07. The standard InChI is InChI=1S/C11H13FO2S/c1-15-10-6-5-8(7-9(10)12)3-2-4-11(13)14/h5-7H,2-4H2,1H3,(H,13,14). The normalized spacial score (nSPS) is 10.3. The topological polar surface area (TPSA) is 37.3 Å². The largest absolute Gasteiger partial charge is 0.481 e. The number of hydrogen-bond donors (Lipinski definition) is 1. The minimum Gasteiger partial charge on any atom is -0.481 e. The molecule has 0 heterocycles. The molecule has 0 aliphatic heterocycles. The van der Waals surface area contributed by atoms with Gasteiger partial charge in [-0.2, -0.15) is 0 Å². The third kappa shape index (κ3) is 3.91. The van der Waals surface area contributed by atoms with E-state index in [1.54, 1.807) is 6.07 Å². The average Bonchev–Trinajstić information content (AvgIpc) is 2.17. The Labute approximate surface area is 92.5 Å². The van der Waals surface area contributed by atoms with Gasteiger partial charge in [0, 0.05) is 11.3 Å². The number of halogens is 1. The van der Waals surface area contributed by atoms with Gasteiger partial charge in [0.05, 0.1) is 0 Å². The predicted molar refractivity (Wildman–Crippen MR) is 58.8 cm³/mol. The van der Waals surface area contributed by atoms with E-state index in [1.807, 2.05) is 12.3 Å². The van der Waals surface area contributed by atoms with Crippen LogP contribution in [0, 0.1) is 5.82 Å². The summed E-state index contributed by atoms with van der Waals surface area (Å²) < 4.78 is 13.3. The fraction of sp³-hybridized carbons (Fsp3) is 0.364. The van der Waals surface area contributed by atoms with Gasteiger partial charge in [-0.05, 0) is 36.8 Å². The SMILES string of the molecule is CSc1ccc(CCCC(=O)O)cc1F. The van der Waals surface area contributed by atoms with Crippen molar-refractivity contribution in [1.29, 1.82) is 0 Å². The minimum absolute atomic E-state index is 0.131. The highest BCUT2D eigenvalue weighted by atomic mass is 32.2. The van der Waals surface area contributed by atoms with Crippen molar-refractivity contribution in [2.45, 2.75) is 24.2 Å². The maximum Gasteiger partial charge on any atom is 0.303 e. The fourth-order valence-corrected chi connectivity index (χ4v) is 1.77. The van der Waals surface area contributed by atoms with Crippen molar-refractivity contribution < 1.29 is 14.3 Å². The van der Waals surface area contributed by atoms with Crippen molar-refractivity contribution >= 4 is 17.7 Å². The van der Waals surface area contributed by atoms with E-state index < -0.39 is 5.97 Å². The van der Waals surface area contributed by atoms with Gasteiger partial charge in [0.2, 0.25) is 0 Å². The molecule has 0 bridgehead atoms. The molecule has 0 aromatic heterocycles. The fourth-order valence-electron chi connectivity index (χ4n) is 1.31. The number of hydrogen-bond acceptors (Lipinski definition) is 2. The summed E-state index contributed by atoms with van der Waals surface area (Å²) in [6.45, 7) is 0. The first-order valence-electron chi connectivity index (χ1n) is 4.67. The van der Waals surface area contributed by atoms with Crippen LogP contribution in [0.2, 0.25) is 0 Å². The highest BCUT2D eigenvalue weighted by Crippen LogP contribution is 2.20. The molecule has 0 saturated heterocycles. The Balaban J connectivity index is 2.55. The van der Waals surface area contributed by atoms with Crippen molar-refractivity contribution in [2.24, 2.45) is 0 Å². The van der Waals surface area contributed by atoms with Crippen LogP contribution in [-0.4, -0.2) is 17.3 Å². The number of carboxylic acid groups (broad SMARTS) is 1. The molecule has 0 saturated carbocycles. The molecule has 1 aromatic carbocycles. The van der Waals surface area contributed by atoms with Gasteiger partial charge in [-0.3, -0.25) is 4.79 Å². The van der Waals surface area contributed by atoms with Crippen LogP contribution in [0.25, 0.3) is 0 Å². The van der Waals surface area contributed by atoms with Crippen molar-refractivity contribution in [3.05, 3.63) is 29.6 Å². The zero-order chi connectivity index (χ0) is 11.3. The Morgan fingerprint density at radius 2 is 2.27 bits per heavy atom. The number of thioether (sulfide) groups is 1. The maximum absolute atomic E-state index is 13.3. The van der Waals surface area contributed by atoms with Crippen molar-refractivity contribution in [1.82, 2.24) is 0 Å². The summed E-state index contributed by atoms with van der Waals surface area (Å²) in [5.74, 6) is -1.04. The van der Waals surface area contributed by atoms with Crippen LogP contribution in [0.4, 0.5) is 4.39 Å². The summed E-state index contributed by atoms with van der Waals surface area (Å²) in [5, 5.41) is 8.45. The Hall–Kier alpha value is -1.03. The molecule has 1 N–H and O–H groups in total. The second-order valence-electron chi connectivity index (χ2n) is 3.22. The average molecular weight is 228 g/mol. The van der Waals surface area contributed by atoms with Crippen LogP contribution in [0.5, 0.6) is 0 Å². The van der Waals surface area contributed by atoms with Crippen molar-refractivity contribution in [3.8, 4) is 0 Å². The summed E-state index contributed by atoms with van der Waals surface area (Å²) in [5.41, 5.74) is 0.853. The Bertz CT molecular complexity index is 352. The predicted octanol–water partition coefficient (Wildman–Crippen LogP) is 2.95. The first-order valence-corrected chi connectivity index (χ1v) is 5.90. The molecule has 0 aliphatic rings. The number of rotatable bonds is 5.